The van der Waals surface area contributed by atoms with Crippen LogP contribution in [0, 0.1) is 11.5 Å². The summed E-state index contributed by atoms with van der Waals surface area (Å²) in [4.78, 5) is 13.4. The molecule has 0 saturated carbocycles. The first-order chi connectivity index (χ1) is 12.6. The zero-order chi connectivity index (χ0) is 18.1. The van der Waals surface area contributed by atoms with Crippen molar-refractivity contribution in [2.24, 2.45) is 0 Å². The van der Waals surface area contributed by atoms with Crippen molar-refractivity contribution in [3.8, 4) is 17.7 Å². The molecule has 0 unspecified atom stereocenters. The number of likely N-dealkylation sites (tertiary alicyclic amines) is 1. The third kappa shape index (κ3) is 1.68. The first-order valence-electron chi connectivity index (χ1n) is 8.74. The molecule has 1 fully saturated rings. The van der Waals surface area contributed by atoms with Crippen LogP contribution < -0.4 is 9.47 Å². The third-order valence-corrected chi connectivity index (χ3v) is 6.05. The van der Waals surface area contributed by atoms with Crippen molar-refractivity contribution in [2.75, 3.05) is 13.7 Å². The fraction of sp³-hybridized carbons (Fsp3) is 0.400. The highest BCUT2D eigenvalue weighted by molar-refractivity contribution is 5.74. The number of rotatable bonds is 2. The number of piperidine rings is 1. The molecule has 1 aromatic rings. The smallest absolute Gasteiger partial charge is 0.308 e. The number of hydrogen-bond acceptors (Lipinski definition) is 6. The molecule has 0 aromatic heterocycles. The first-order valence-corrected chi connectivity index (χ1v) is 8.74. The van der Waals surface area contributed by atoms with Crippen molar-refractivity contribution in [2.45, 2.75) is 37.3 Å². The minimum atomic E-state index is -0.372. The fourth-order valence-corrected chi connectivity index (χ4v) is 5.12. The van der Waals surface area contributed by atoms with Crippen molar-refractivity contribution >= 4 is 5.97 Å². The number of ether oxygens (including phenoxy) is 3. The Balaban J connectivity index is 1.78. The molecule has 2 aliphatic carbocycles. The van der Waals surface area contributed by atoms with Crippen LogP contribution in [0.1, 0.15) is 24.5 Å². The number of hydrogen-bond donors (Lipinski definition) is 0. The maximum Gasteiger partial charge on any atom is 0.308 e. The van der Waals surface area contributed by atoms with E-state index in [4.69, 9.17) is 14.2 Å². The van der Waals surface area contributed by atoms with E-state index >= 15 is 0 Å². The largest absolute Gasteiger partial charge is 0.497 e. The highest BCUT2D eigenvalue weighted by atomic mass is 16.6. The molecule has 1 spiro atoms. The van der Waals surface area contributed by atoms with Crippen LogP contribution in [0.5, 0.6) is 11.5 Å². The quantitative estimate of drug-likeness (QED) is 0.463. The second kappa shape index (κ2) is 5.04. The predicted molar refractivity (Wildman–Crippen MR) is 91.4 cm³/mol. The van der Waals surface area contributed by atoms with E-state index in [1.165, 1.54) is 12.5 Å². The van der Waals surface area contributed by atoms with E-state index in [9.17, 15) is 10.1 Å². The van der Waals surface area contributed by atoms with Gasteiger partial charge in [0.1, 0.15) is 5.76 Å². The van der Waals surface area contributed by atoms with Gasteiger partial charge >= 0.3 is 5.97 Å². The summed E-state index contributed by atoms with van der Waals surface area (Å²) in [6, 6.07) is 3.83. The zero-order valence-corrected chi connectivity index (χ0v) is 14.6. The van der Waals surface area contributed by atoms with Gasteiger partial charge in [0.25, 0.3) is 0 Å². The molecular weight excluding hydrogens is 332 g/mol. The molecule has 6 heteroatoms. The Morgan fingerprint density at radius 3 is 3.00 bits per heavy atom. The Morgan fingerprint density at radius 1 is 1.42 bits per heavy atom. The van der Waals surface area contributed by atoms with Crippen molar-refractivity contribution in [3.63, 3.8) is 0 Å². The predicted octanol–water partition coefficient (Wildman–Crippen LogP) is 2.19. The number of esters is 1. The van der Waals surface area contributed by atoms with Crippen LogP contribution in [0.25, 0.3) is 0 Å². The Hall–Kier alpha value is -2.94. The highest BCUT2D eigenvalue weighted by Crippen LogP contribution is 2.62. The van der Waals surface area contributed by atoms with Gasteiger partial charge in [-0.25, -0.2) is 0 Å². The average molecular weight is 350 g/mol. The summed E-state index contributed by atoms with van der Waals surface area (Å²) in [5.74, 6) is 1.48. The molecule has 2 aliphatic heterocycles. The van der Waals surface area contributed by atoms with Crippen LogP contribution in [0.15, 0.2) is 35.6 Å². The second-order valence-electron chi connectivity index (χ2n) is 7.15. The summed E-state index contributed by atoms with van der Waals surface area (Å²) in [6.07, 6.45) is 7.59. The number of nitrogens with zero attached hydrogens (tertiary/aromatic N) is 2. The highest BCUT2D eigenvalue weighted by Gasteiger charge is 2.62. The lowest BCUT2D eigenvalue weighted by atomic mass is 9.57. The summed E-state index contributed by atoms with van der Waals surface area (Å²) < 4.78 is 17.4. The average Bonchev–Trinajstić information content (AvgIpc) is 2.97. The number of allylic oxidation sites excluding steroid dienone is 2. The Bertz CT molecular complexity index is 942. The van der Waals surface area contributed by atoms with Gasteiger partial charge in [-0.2, -0.15) is 5.26 Å². The van der Waals surface area contributed by atoms with E-state index in [1.807, 2.05) is 17.0 Å². The van der Waals surface area contributed by atoms with E-state index in [1.54, 1.807) is 13.2 Å². The van der Waals surface area contributed by atoms with Crippen molar-refractivity contribution in [1.29, 1.82) is 5.26 Å². The lowest BCUT2D eigenvalue weighted by molar-refractivity contribution is -0.132. The number of nitriles is 1. The van der Waals surface area contributed by atoms with Crippen LogP contribution in [0.3, 0.4) is 0 Å². The van der Waals surface area contributed by atoms with Crippen molar-refractivity contribution < 1.29 is 19.0 Å². The van der Waals surface area contributed by atoms with E-state index in [-0.39, 0.29) is 23.5 Å². The summed E-state index contributed by atoms with van der Waals surface area (Å²) in [5, 5.41) is 9.58. The van der Waals surface area contributed by atoms with Crippen molar-refractivity contribution in [3.05, 3.63) is 46.7 Å². The molecule has 26 heavy (non-hydrogen) atoms. The molecule has 2 bridgehead atoms. The van der Waals surface area contributed by atoms with E-state index in [2.05, 4.69) is 12.3 Å². The minimum Gasteiger partial charge on any atom is -0.497 e. The van der Waals surface area contributed by atoms with Crippen LogP contribution in [-0.4, -0.2) is 36.7 Å². The number of methoxy groups -OCH3 is 1. The zero-order valence-electron chi connectivity index (χ0n) is 14.6. The first kappa shape index (κ1) is 15.3. The lowest BCUT2D eigenvalue weighted by Crippen LogP contribution is -2.58. The van der Waals surface area contributed by atoms with Crippen LogP contribution in [-0.2, 0) is 21.4 Å². The Labute approximate surface area is 151 Å². The molecule has 1 saturated heterocycles. The second-order valence-corrected chi connectivity index (χ2v) is 7.15. The SMILES string of the molecule is COC1=CC=C2[C@H]3Cc4ccc(OC(C)=O)c5c4[C@@]2(CCN3C#N)[C@H]1O5. The summed E-state index contributed by atoms with van der Waals surface area (Å²) in [5.41, 5.74) is 3.10. The minimum absolute atomic E-state index is 0.0348. The maximum atomic E-state index is 11.5. The molecule has 2 heterocycles. The normalized spacial score (nSPS) is 29.7. The maximum absolute atomic E-state index is 11.5. The molecule has 0 N–H and O–H groups in total. The summed E-state index contributed by atoms with van der Waals surface area (Å²) in [7, 11) is 1.65. The topological polar surface area (TPSA) is 71.8 Å². The van der Waals surface area contributed by atoms with Gasteiger partial charge < -0.3 is 19.1 Å². The van der Waals surface area contributed by atoms with Gasteiger partial charge in [0, 0.05) is 19.0 Å². The van der Waals surface area contributed by atoms with Gasteiger partial charge in [-0.3, -0.25) is 4.79 Å². The molecule has 4 aliphatic rings. The van der Waals surface area contributed by atoms with Gasteiger partial charge in [0.2, 0.25) is 0 Å². The van der Waals surface area contributed by atoms with Gasteiger partial charge in [0.15, 0.2) is 23.8 Å². The number of benzene rings is 1. The van der Waals surface area contributed by atoms with E-state index < -0.39 is 0 Å². The molecular formula is C20H18N2O4. The monoisotopic (exact) mass is 350 g/mol. The molecule has 0 amide bonds. The van der Waals surface area contributed by atoms with Gasteiger partial charge in [-0.1, -0.05) is 12.1 Å². The lowest BCUT2D eigenvalue weighted by Gasteiger charge is -2.52. The van der Waals surface area contributed by atoms with E-state index in [0.29, 0.717) is 18.0 Å². The van der Waals surface area contributed by atoms with Gasteiger partial charge in [0.05, 0.1) is 18.6 Å². The summed E-state index contributed by atoms with van der Waals surface area (Å²) >= 11 is 0. The number of carbonyl (C=O) groups excluding carboxylic acids is 1. The van der Waals surface area contributed by atoms with Gasteiger partial charge in [-0.05, 0) is 36.1 Å². The number of carbonyl (C=O) groups is 1. The molecule has 0 radical (unpaired) electrons. The van der Waals surface area contributed by atoms with Crippen LogP contribution in [0.2, 0.25) is 0 Å². The van der Waals surface area contributed by atoms with Gasteiger partial charge in [-0.15, -0.1) is 0 Å². The van der Waals surface area contributed by atoms with E-state index in [0.717, 1.165) is 29.7 Å². The molecule has 6 nitrogen and oxygen atoms in total. The fourth-order valence-electron chi connectivity index (χ4n) is 5.12. The summed E-state index contributed by atoms with van der Waals surface area (Å²) in [6.45, 7) is 2.06. The van der Waals surface area contributed by atoms with Crippen LogP contribution in [0.4, 0.5) is 0 Å². The Kier molecular flexibility index (Phi) is 2.97. The Morgan fingerprint density at radius 2 is 2.27 bits per heavy atom. The van der Waals surface area contributed by atoms with Crippen molar-refractivity contribution in [1.82, 2.24) is 4.90 Å². The molecule has 1 aromatic carbocycles. The standard InChI is InChI=1S/C20H18N2O4/c1-11(23)25-15-5-3-12-9-14-13-4-6-16(24-2)19-20(13,7-8-22(14)10-21)17(12)18(15)26-19/h3-6,14,19H,7-9H2,1-2H3/t14-,19+,20+/m1/s1. The molecule has 132 valence electrons. The third-order valence-electron chi connectivity index (χ3n) is 6.05. The molecule has 5 rings (SSSR count). The molecule has 3 atom stereocenters. The van der Waals surface area contributed by atoms with Crippen LogP contribution >= 0.6 is 0 Å².